The molecule has 2 heterocycles. The van der Waals surface area contributed by atoms with Crippen LogP contribution in [0.2, 0.25) is 0 Å². The SMILES string of the molecule is COCCNCCNC(=O)CCc1nc(-c2ccoc2)no1. The van der Waals surface area contributed by atoms with E-state index in [0.717, 1.165) is 12.1 Å². The summed E-state index contributed by atoms with van der Waals surface area (Å²) in [7, 11) is 1.65. The van der Waals surface area contributed by atoms with Gasteiger partial charge in [0.2, 0.25) is 17.6 Å². The fourth-order valence-corrected chi connectivity index (χ4v) is 1.76. The number of rotatable bonds is 10. The van der Waals surface area contributed by atoms with Crippen LogP contribution < -0.4 is 10.6 Å². The Morgan fingerprint density at radius 1 is 1.36 bits per heavy atom. The molecule has 0 bridgehead atoms. The molecule has 120 valence electrons. The molecule has 2 aromatic rings. The summed E-state index contributed by atoms with van der Waals surface area (Å²) in [6.45, 7) is 2.71. The molecule has 8 heteroatoms. The van der Waals surface area contributed by atoms with Crippen molar-refractivity contribution in [3.8, 4) is 11.4 Å². The fraction of sp³-hybridized carbons (Fsp3) is 0.500. The maximum Gasteiger partial charge on any atom is 0.227 e. The first-order chi connectivity index (χ1) is 10.8. The van der Waals surface area contributed by atoms with Gasteiger partial charge in [-0.25, -0.2) is 0 Å². The molecule has 0 spiro atoms. The van der Waals surface area contributed by atoms with Gasteiger partial charge in [-0.1, -0.05) is 5.16 Å². The highest BCUT2D eigenvalue weighted by molar-refractivity contribution is 5.76. The van der Waals surface area contributed by atoms with E-state index >= 15 is 0 Å². The third-order valence-electron chi connectivity index (χ3n) is 2.92. The van der Waals surface area contributed by atoms with Gasteiger partial charge < -0.3 is 24.3 Å². The van der Waals surface area contributed by atoms with E-state index in [1.807, 2.05) is 0 Å². The quantitative estimate of drug-likeness (QED) is 0.620. The van der Waals surface area contributed by atoms with Gasteiger partial charge in [0, 0.05) is 39.6 Å². The topological polar surface area (TPSA) is 102 Å². The minimum Gasteiger partial charge on any atom is -0.472 e. The molecular weight excluding hydrogens is 288 g/mol. The van der Waals surface area contributed by atoms with Gasteiger partial charge in [0.25, 0.3) is 0 Å². The van der Waals surface area contributed by atoms with Crippen molar-refractivity contribution in [2.24, 2.45) is 0 Å². The van der Waals surface area contributed by atoms with Crippen LogP contribution in [0.4, 0.5) is 0 Å². The Kier molecular flexibility index (Phi) is 6.59. The molecule has 0 saturated carbocycles. The summed E-state index contributed by atoms with van der Waals surface area (Å²) in [5.74, 6) is 0.854. The van der Waals surface area contributed by atoms with Gasteiger partial charge in [-0.3, -0.25) is 4.79 Å². The number of nitrogens with zero attached hydrogens (tertiary/aromatic N) is 2. The Balaban J connectivity index is 1.62. The molecule has 2 aromatic heterocycles. The third kappa shape index (κ3) is 5.30. The molecule has 0 saturated heterocycles. The van der Waals surface area contributed by atoms with E-state index in [-0.39, 0.29) is 5.91 Å². The van der Waals surface area contributed by atoms with Crippen molar-refractivity contribution < 1.29 is 18.5 Å². The molecule has 0 aromatic carbocycles. The number of aromatic nitrogens is 2. The monoisotopic (exact) mass is 308 g/mol. The normalized spacial score (nSPS) is 10.8. The van der Waals surface area contributed by atoms with Gasteiger partial charge >= 0.3 is 0 Å². The molecule has 0 atom stereocenters. The van der Waals surface area contributed by atoms with Crippen LogP contribution in [-0.4, -0.2) is 49.4 Å². The van der Waals surface area contributed by atoms with E-state index in [9.17, 15) is 4.79 Å². The number of ether oxygens (including phenoxy) is 1. The van der Waals surface area contributed by atoms with Gasteiger partial charge in [0.05, 0.1) is 18.4 Å². The summed E-state index contributed by atoms with van der Waals surface area (Å²) in [4.78, 5) is 15.9. The predicted molar refractivity (Wildman–Crippen MR) is 78.1 cm³/mol. The smallest absolute Gasteiger partial charge is 0.227 e. The van der Waals surface area contributed by atoms with Crippen molar-refractivity contribution in [3.05, 3.63) is 24.5 Å². The Morgan fingerprint density at radius 3 is 3.05 bits per heavy atom. The minimum absolute atomic E-state index is 0.0448. The van der Waals surface area contributed by atoms with Crippen molar-refractivity contribution in [3.63, 3.8) is 0 Å². The zero-order valence-electron chi connectivity index (χ0n) is 12.5. The summed E-state index contributed by atoms with van der Waals surface area (Å²) >= 11 is 0. The maximum absolute atomic E-state index is 11.7. The largest absolute Gasteiger partial charge is 0.472 e. The summed E-state index contributed by atoms with van der Waals surface area (Å²) in [5.41, 5.74) is 0.751. The highest BCUT2D eigenvalue weighted by Crippen LogP contribution is 2.16. The fourth-order valence-electron chi connectivity index (χ4n) is 1.76. The van der Waals surface area contributed by atoms with E-state index < -0.39 is 0 Å². The number of methoxy groups -OCH3 is 1. The Labute approximate surface area is 128 Å². The molecule has 1 amide bonds. The molecule has 22 heavy (non-hydrogen) atoms. The second-order valence-electron chi connectivity index (χ2n) is 4.62. The first-order valence-electron chi connectivity index (χ1n) is 7.11. The lowest BCUT2D eigenvalue weighted by Gasteiger charge is -2.05. The second kappa shape index (κ2) is 8.96. The number of hydrogen-bond acceptors (Lipinski definition) is 7. The average molecular weight is 308 g/mol. The maximum atomic E-state index is 11.7. The van der Waals surface area contributed by atoms with Crippen LogP contribution in [0.15, 0.2) is 27.5 Å². The standard InChI is InChI=1S/C14H20N4O4/c1-20-9-7-15-5-6-16-12(19)2-3-13-17-14(18-22-13)11-4-8-21-10-11/h4,8,10,15H,2-3,5-7,9H2,1H3,(H,16,19). The van der Waals surface area contributed by atoms with Crippen LogP contribution in [0.5, 0.6) is 0 Å². The molecule has 2 rings (SSSR count). The van der Waals surface area contributed by atoms with Crippen molar-refractivity contribution in [1.82, 2.24) is 20.8 Å². The first-order valence-corrected chi connectivity index (χ1v) is 7.11. The summed E-state index contributed by atoms with van der Waals surface area (Å²) in [5, 5.41) is 9.80. The lowest BCUT2D eigenvalue weighted by Crippen LogP contribution is -2.33. The zero-order valence-corrected chi connectivity index (χ0v) is 12.5. The number of nitrogens with one attached hydrogen (secondary N) is 2. The number of carbonyl (C=O) groups is 1. The molecule has 0 fully saturated rings. The molecule has 8 nitrogen and oxygen atoms in total. The molecule has 0 radical (unpaired) electrons. The van der Waals surface area contributed by atoms with Gasteiger partial charge in [-0.05, 0) is 6.07 Å². The summed E-state index contributed by atoms with van der Waals surface area (Å²) in [6.07, 6.45) is 3.80. The van der Waals surface area contributed by atoms with Crippen molar-refractivity contribution in [2.45, 2.75) is 12.8 Å². The number of amides is 1. The first kappa shape index (κ1) is 16.2. The molecule has 0 aliphatic heterocycles. The van der Waals surface area contributed by atoms with E-state index in [1.54, 1.807) is 19.4 Å². The van der Waals surface area contributed by atoms with Gasteiger partial charge in [0.15, 0.2) is 0 Å². The Hall–Kier alpha value is -2.19. The molecular formula is C14H20N4O4. The summed E-state index contributed by atoms with van der Waals surface area (Å²) in [6, 6.07) is 1.75. The third-order valence-corrected chi connectivity index (χ3v) is 2.92. The van der Waals surface area contributed by atoms with Crippen LogP contribution in [0.3, 0.4) is 0 Å². The van der Waals surface area contributed by atoms with E-state index in [2.05, 4.69) is 20.8 Å². The van der Waals surface area contributed by atoms with Crippen LogP contribution in [-0.2, 0) is 16.0 Å². The Morgan fingerprint density at radius 2 is 2.27 bits per heavy atom. The number of hydrogen-bond donors (Lipinski definition) is 2. The predicted octanol–water partition coefficient (Wildman–Crippen LogP) is 0.614. The molecule has 0 unspecified atom stereocenters. The average Bonchev–Trinajstić information content (AvgIpc) is 3.19. The molecule has 2 N–H and O–H groups in total. The van der Waals surface area contributed by atoms with Gasteiger partial charge in [0.1, 0.15) is 6.26 Å². The van der Waals surface area contributed by atoms with Gasteiger partial charge in [-0.2, -0.15) is 4.98 Å². The zero-order chi connectivity index (χ0) is 15.6. The highest BCUT2D eigenvalue weighted by Gasteiger charge is 2.11. The van der Waals surface area contributed by atoms with Crippen LogP contribution in [0, 0.1) is 0 Å². The van der Waals surface area contributed by atoms with Crippen molar-refractivity contribution in [2.75, 3.05) is 33.4 Å². The number of furan rings is 1. The second-order valence-corrected chi connectivity index (χ2v) is 4.62. The van der Waals surface area contributed by atoms with E-state index in [0.29, 0.717) is 44.3 Å². The van der Waals surface area contributed by atoms with E-state index in [1.165, 1.54) is 6.26 Å². The highest BCUT2D eigenvalue weighted by atomic mass is 16.5. The lowest BCUT2D eigenvalue weighted by molar-refractivity contribution is -0.121. The number of aryl methyl sites for hydroxylation is 1. The lowest BCUT2D eigenvalue weighted by atomic mass is 10.3. The summed E-state index contributed by atoms with van der Waals surface area (Å²) < 4.78 is 15.0. The van der Waals surface area contributed by atoms with Crippen molar-refractivity contribution in [1.29, 1.82) is 0 Å². The Bertz CT molecular complexity index is 553. The van der Waals surface area contributed by atoms with Crippen molar-refractivity contribution >= 4 is 5.91 Å². The van der Waals surface area contributed by atoms with Crippen LogP contribution in [0.1, 0.15) is 12.3 Å². The molecule has 0 aliphatic carbocycles. The van der Waals surface area contributed by atoms with Gasteiger partial charge in [-0.15, -0.1) is 0 Å². The van der Waals surface area contributed by atoms with Crippen LogP contribution >= 0.6 is 0 Å². The molecule has 0 aliphatic rings. The van der Waals surface area contributed by atoms with Crippen LogP contribution in [0.25, 0.3) is 11.4 Å². The van der Waals surface area contributed by atoms with E-state index in [4.69, 9.17) is 13.7 Å². The minimum atomic E-state index is -0.0448. The number of carbonyl (C=O) groups excluding carboxylic acids is 1.